The van der Waals surface area contributed by atoms with Gasteiger partial charge >= 0.3 is 5.97 Å². The Bertz CT molecular complexity index is 589. The standard InChI is InChI=1S/C24H38O3/c1-8-24(7,27-23(26)18-22(6)25)17-11-16-21(5)15-10-14-20(4)13-9-12-19(2)3/h8,12,14,16H,1,9-11,13,15,17-18H2,2-7H3. The van der Waals surface area contributed by atoms with Crippen molar-refractivity contribution < 1.29 is 14.3 Å². The van der Waals surface area contributed by atoms with E-state index in [0.717, 1.165) is 32.1 Å². The van der Waals surface area contributed by atoms with Crippen LogP contribution in [0.2, 0.25) is 0 Å². The monoisotopic (exact) mass is 374 g/mol. The molecule has 152 valence electrons. The highest BCUT2D eigenvalue weighted by Crippen LogP contribution is 2.21. The molecule has 0 aliphatic rings. The summed E-state index contributed by atoms with van der Waals surface area (Å²) < 4.78 is 5.43. The zero-order valence-electron chi connectivity index (χ0n) is 18.2. The summed E-state index contributed by atoms with van der Waals surface area (Å²) in [6, 6.07) is 0. The number of ketones is 1. The second kappa shape index (κ2) is 13.3. The molecule has 0 saturated carbocycles. The van der Waals surface area contributed by atoms with E-state index in [4.69, 9.17) is 4.74 Å². The Kier molecular flexibility index (Phi) is 12.4. The Morgan fingerprint density at radius 2 is 1.41 bits per heavy atom. The van der Waals surface area contributed by atoms with E-state index >= 15 is 0 Å². The van der Waals surface area contributed by atoms with E-state index in [2.05, 4.69) is 52.5 Å². The third kappa shape index (κ3) is 13.9. The molecule has 0 rings (SSSR count). The molecular weight excluding hydrogens is 336 g/mol. The van der Waals surface area contributed by atoms with Crippen molar-refractivity contribution in [3.05, 3.63) is 47.6 Å². The number of rotatable bonds is 13. The molecule has 0 N–H and O–H groups in total. The second-order valence-electron chi connectivity index (χ2n) is 7.87. The Balaban J connectivity index is 4.35. The van der Waals surface area contributed by atoms with Crippen LogP contribution in [-0.2, 0) is 14.3 Å². The van der Waals surface area contributed by atoms with Crippen molar-refractivity contribution in [3.8, 4) is 0 Å². The molecule has 0 saturated heterocycles. The van der Waals surface area contributed by atoms with Gasteiger partial charge in [0, 0.05) is 0 Å². The van der Waals surface area contributed by atoms with Crippen LogP contribution in [0.1, 0.15) is 86.5 Å². The lowest BCUT2D eigenvalue weighted by atomic mass is 9.98. The summed E-state index contributed by atoms with van der Waals surface area (Å²) in [4.78, 5) is 22.8. The highest BCUT2D eigenvalue weighted by molar-refractivity contribution is 5.94. The summed E-state index contributed by atoms with van der Waals surface area (Å²) in [5, 5.41) is 0. The molecule has 0 aliphatic carbocycles. The van der Waals surface area contributed by atoms with Crippen LogP contribution in [0.5, 0.6) is 0 Å². The summed E-state index contributed by atoms with van der Waals surface area (Å²) in [5.41, 5.74) is 3.42. The molecule has 0 fully saturated rings. The highest BCUT2D eigenvalue weighted by Gasteiger charge is 2.24. The normalized spacial score (nSPS) is 14.3. The Morgan fingerprint density at radius 3 is 1.89 bits per heavy atom. The number of esters is 1. The van der Waals surface area contributed by atoms with Crippen LogP contribution in [0, 0.1) is 0 Å². The molecule has 0 aromatic carbocycles. The van der Waals surface area contributed by atoms with Crippen LogP contribution >= 0.6 is 0 Å². The maximum atomic E-state index is 11.7. The Morgan fingerprint density at radius 1 is 0.889 bits per heavy atom. The topological polar surface area (TPSA) is 43.4 Å². The number of carbonyl (C=O) groups excluding carboxylic acids is 2. The van der Waals surface area contributed by atoms with Gasteiger partial charge < -0.3 is 4.74 Å². The van der Waals surface area contributed by atoms with Crippen molar-refractivity contribution in [1.82, 2.24) is 0 Å². The van der Waals surface area contributed by atoms with E-state index < -0.39 is 11.6 Å². The van der Waals surface area contributed by atoms with Crippen molar-refractivity contribution in [2.75, 3.05) is 0 Å². The van der Waals surface area contributed by atoms with Gasteiger partial charge in [0.25, 0.3) is 0 Å². The van der Waals surface area contributed by atoms with Gasteiger partial charge in [-0.1, -0.05) is 41.5 Å². The molecule has 0 heterocycles. The van der Waals surface area contributed by atoms with Crippen molar-refractivity contribution in [2.45, 2.75) is 92.1 Å². The fourth-order valence-electron chi connectivity index (χ4n) is 2.64. The first-order valence-electron chi connectivity index (χ1n) is 9.87. The summed E-state index contributed by atoms with van der Waals surface area (Å²) in [7, 11) is 0. The van der Waals surface area contributed by atoms with Gasteiger partial charge in [-0.25, -0.2) is 0 Å². The van der Waals surface area contributed by atoms with Gasteiger partial charge in [0.2, 0.25) is 0 Å². The first-order valence-corrected chi connectivity index (χ1v) is 9.87. The van der Waals surface area contributed by atoms with Gasteiger partial charge in [-0.2, -0.15) is 0 Å². The quantitative estimate of drug-likeness (QED) is 0.206. The molecule has 3 heteroatoms. The average Bonchev–Trinajstić information content (AvgIpc) is 2.53. The minimum absolute atomic E-state index is 0.183. The lowest BCUT2D eigenvalue weighted by Gasteiger charge is -2.25. The number of allylic oxidation sites excluding steroid dienone is 6. The molecule has 0 amide bonds. The van der Waals surface area contributed by atoms with Crippen molar-refractivity contribution in [3.63, 3.8) is 0 Å². The first-order chi connectivity index (χ1) is 12.6. The maximum absolute atomic E-state index is 11.7. The molecule has 3 nitrogen and oxygen atoms in total. The fraction of sp³-hybridized carbons (Fsp3) is 0.583. The summed E-state index contributed by atoms with van der Waals surface area (Å²) in [6.07, 6.45) is 14.1. The third-order valence-corrected chi connectivity index (χ3v) is 4.43. The van der Waals surface area contributed by atoms with E-state index in [1.54, 1.807) is 6.08 Å². The van der Waals surface area contributed by atoms with Gasteiger partial charge in [0.1, 0.15) is 17.8 Å². The zero-order chi connectivity index (χ0) is 20.9. The molecule has 1 atom stereocenters. The summed E-state index contributed by atoms with van der Waals surface area (Å²) in [6.45, 7) is 15.6. The number of hydrogen-bond donors (Lipinski definition) is 0. The molecule has 1 unspecified atom stereocenters. The number of carbonyl (C=O) groups is 2. The largest absolute Gasteiger partial charge is 0.455 e. The smallest absolute Gasteiger partial charge is 0.314 e. The van der Waals surface area contributed by atoms with Gasteiger partial charge in [-0.3, -0.25) is 9.59 Å². The Hall–Kier alpha value is -1.90. The van der Waals surface area contributed by atoms with Crippen LogP contribution in [0.15, 0.2) is 47.6 Å². The predicted molar refractivity (Wildman–Crippen MR) is 115 cm³/mol. The molecule has 0 aromatic heterocycles. The van der Waals surface area contributed by atoms with E-state index in [1.807, 2.05) is 6.92 Å². The van der Waals surface area contributed by atoms with Crippen molar-refractivity contribution in [2.24, 2.45) is 0 Å². The third-order valence-electron chi connectivity index (χ3n) is 4.43. The minimum atomic E-state index is -0.731. The molecule has 0 aromatic rings. The molecular formula is C24H38O3. The zero-order valence-corrected chi connectivity index (χ0v) is 18.2. The minimum Gasteiger partial charge on any atom is -0.455 e. The van der Waals surface area contributed by atoms with Crippen LogP contribution in [0.25, 0.3) is 0 Å². The SMILES string of the molecule is C=CC(C)(CCC=C(C)CCC=C(C)CCC=C(C)C)OC(=O)CC(C)=O. The second-order valence-corrected chi connectivity index (χ2v) is 7.87. The number of ether oxygens (including phenoxy) is 1. The van der Waals surface area contributed by atoms with E-state index in [9.17, 15) is 9.59 Å². The van der Waals surface area contributed by atoms with Crippen LogP contribution in [-0.4, -0.2) is 17.4 Å². The summed E-state index contributed by atoms with van der Waals surface area (Å²) in [5.74, 6) is -0.675. The molecule has 0 bridgehead atoms. The predicted octanol–water partition coefficient (Wildman–Crippen LogP) is 6.65. The molecule has 0 radical (unpaired) electrons. The highest BCUT2D eigenvalue weighted by atomic mass is 16.6. The molecule has 0 aliphatic heterocycles. The number of Topliss-reactive ketones (excluding diaryl/α,β-unsaturated/α-hetero) is 1. The molecule has 0 spiro atoms. The van der Waals surface area contributed by atoms with Gasteiger partial charge in [-0.05, 0) is 86.1 Å². The van der Waals surface area contributed by atoms with Gasteiger partial charge in [0.15, 0.2) is 0 Å². The van der Waals surface area contributed by atoms with E-state index in [0.29, 0.717) is 6.42 Å². The van der Waals surface area contributed by atoms with Crippen LogP contribution < -0.4 is 0 Å². The van der Waals surface area contributed by atoms with E-state index in [1.165, 1.54) is 23.6 Å². The van der Waals surface area contributed by atoms with Gasteiger partial charge in [0.05, 0.1) is 0 Å². The van der Waals surface area contributed by atoms with E-state index in [-0.39, 0.29) is 12.2 Å². The lowest BCUT2D eigenvalue weighted by molar-refractivity contribution is -0.155. The van der Waals surface area contributed by atoms with Crippen molar-refractivity contribution >= 4 is 11.8 Å². The number of hydrogen-bond acceptors (Lipinski definition) is 3. The molecule has 27 heavy (non-hydrogen) atoms. The maximum Gasteiger partial charge on any atom is 0.314 e. The average molecular weight is 375 g/mol. The lowest BCUT2D eigenvalue weighted by Crippen LogP contribution is -2.29. The van der Waals surface area contributed by atoms with Gasteiger partial charge in [-0.15, -0.1) is 0 Å². The summed E-state index contributed by atoms with van der Waals surface area (Å²) >= 11 is 0. The fourth-order valence-corrected chi connectivity index (χ4v) is 2.64. The van der Waals surface area contributed by atoms with Crippen molar-refractivity contribution in [1.29, 1.82) is 0 Å². The Labute approximate surface area is 166 Å². The first kappa shape index (κ1) is 25.1. The van der Waals surface area contributed by atoms with Crippen LogP contribution in [0.4, 0.5) is 0 Å². The van der Waals surface area contributed by atoms with Crippen LogP contribution in [0.3, 0.4) is 0 Å².